The SMILES string of the molecule is CCOc1ccc(N2CC(NC(=O)Nc3cccnc3)CC2=O)cc1. The lowest BCUT2D eigenvalue weighted by Gasteiger charge is -2.18. The Kier molecular flexibility index (Phi) is 5.13. The number of carbonyl (C=O) groups excluding carboxylic acids is 2. The summed E-state index contributed by atoms with van der Waals surface area (Å²) in [6.45, 7) is 2.96. The van der Waals surface area contributed by atoms with Crippen LogP contribution in [0.2, 0.25) is 0 Å². The molecular weight excluding hydrogens is 320 g/mol. The average molecular weight is 340 g/mol. The smallest absolute Gasteiger partial charge is 0.319 e. The lowest BCUT2D eigenvalue weighted by molar-refractivity contribution is -0.117. The van der Waals surface area contributed by atoms with E-state index in [1.165, 1.54) is 0 Å². The van der Waals surface area contributed by atoms with Crippen LogP contribution in [0.3, 0.4) is 0 Å². The van der Waals surface area contributed by atoms with Crippen LogP contribution >= 0.6 is 0 Å². The van der Waals surface area contributed by atoms with Crippen molar-refractivity contribution in [2.75, 3.05) is 23.4 Å². The third-order valence-electron chi connectivity index (χ3n) is 3.84. The number of carbonyl (C=O) groups is 2. The third-order valence-corrected chi connectivity index (χ3v) is 3.84. The Morgan fingerprint density at radius 1 is 1.32 bits per heavy atom. The molecule has 130 valence electrons. The maximum absolute atomic E-state index is 12.2. The van der Waals surface area contributed by atoms with Gasteiger partial charge in [-0.2, -0.15) is 0 Å². The van der Waals surface area contributed by atoms with Gasteiger partial charge in [-0.15, -0.1) is 0 Å². The quantitative estimate of drug-likeness (QED) is 0.875. The van der Waals surface area contributed by atoms with Crippen LogP contribution in [0.1, 0.15) is 13.3 Å². The second-order valence-electron chi connectivity index (χ2n) is 5.67. The molecule has 7 nitrogen and oxygen atoms in total. The minimum Gasteiger partial charge on any atom is -0.494 e. The lowest BCUT2D eigenvalue weighted by atomic mass is 10.2. The lowest BCUT2D eigenvalue weighted by Crippen LogP contribution is -2.39. The van der Waals surface area contributed by atoms with Crippen LogP contribution in [0, 0.1) is 0 Å². The van der Waals surface area contributed by atoms with E-state index in [4.69, 9.17) is 4.74 Å². The Morgan fingerprint density at radius 3 is 2.80 bits per heavy atom. The molecule has 2 heterocycles. The van der Waals surface area contributed by atoms with Crippen molar-refractivity contribution >= 4 is 23.3 Å². The Morgan fingerprint density at radius 2 is 2.12 bits per heavy atom. The molecule has 0 aliphatic carbocycles. The first kappa shape index (κ1) is 16.8. The number of anilines is 2. The van der Waals surface area contributed by atoms with E-state index in [0.29, 0.717) is 18.8 Å². The second kappa shape index (κ2) is 7.65. The molecule has 2 aromatic rings. The monoisotopic (exact) mass is 340 g/mol. The molecule has 1 aliphatic heterocycles. The van der Waals surface area contributed by atoms with E-state index in [9.17, 15) is 9.59 Å². The summed E-state index contributed by atoms with van der Waals surface area (Å²) in [6.07, 6.45) is 3.46. The fraction of sp³-hybridized carbons (Fsp3) is 0.278. The summed E-state index contributed by atoms with van der Waals surface area (Å²) in [5, 5.41) is 5.53. The van der Waals surface area contributed by atoms with Crippen LogP contribution in [-0.2, 0) is 4.79 Å². The predicted molar refractivity (Wildman–Crippen MR) is 94.8 cm³/mol. The molecule has 1 fully saturated rings. The Labute approximate surface area is 146 Å². The fourth-order valence-electron chi connectivity index (χ4n) is 2.73. The first-order valence-corrected chi connectivity index (χ1v) is 8.16. The second-order valence-corrected chi connectivity index (χ2v) is 5.67. The number of aromatic nitrogens is 1. The Balaban J connectivity index is 1.57. The molecule has 1 atom stereocenters. The molecule has 1 aliphatic rings. The number of rotatable bonds is 5. The zero-order valence-electron chi connectivity index (χ0n) is 13.9. The normalized spacial score (nSPS) is 16.6. The molecule has 1 aromatic heterocycles. The van der Waals surface area contributed by atoms with Gasteiger partial charge in [0.05, 0.1) is 24.5 Å². The highest BCUT2D eigenvalue weighted by Crippen LogP contribution is 2.24. The van der Waals surface area contributed by atoms with Crippen LogP contribution in [0.25, 0.3) is 0 Å². The van der Waals surface area contributed by atoms with Crippen LogP contribution < -0.4 is 20.3 Å². The Hall–Kier alpha value is -3.09. The number of benzene rings is 1. The molecule has 2 N–H and O–H groups in total. The minimum absolute atomic E-state index is 0.0177. The highest BCUT2D eigenvalue weighted by Gasteiger charge is 2.31. The number of nitrogens with zero attached hydrogens (tertiary/aromatic N) is 2. The number of nitrogens with one attached hydrogen (secondary N) is 2. The first-order valence-electron chi connectivity index (χ1n) is 8.16. The minimum atomic E-state index is -0.348. The van der Waals surface area contributed by atoms with Crippen LogP contribution in [0.15, 0.2) is 48.8 Å². The van der Waals surface area contributed by atoms with Crippen LogP contribution in [-0.4, -0.2) is 36.1 Å². The molecule has 0 saturated carbocycles. The van der Waals surface area contributed by atoms with Crippen LogP contribution in [0.4, 0.5) is 16.2 Å². The molecule has 0 spiro atoms. The van der Waals surface area contributed by atoms with Gasteiger partial charge in [0.15, 0.2) is 0 Å². The number of ether oxygens (including phenoxy) is 1. The zero-order chi connectivity index (χ0) is 17.6. The largest absolute Gasteiger partial charge is 0.494 e. The summed E-state index contributed by atoms with van der Waals surface area (Å²) in [5.74, 6) is 0.749. The molecule has 0 radical (unpaired) electrons. The highest BCUT2D eigenvalue weighted by atomic mass is 16.5. The molecule has 1 unspecified atom stereocenters. The van der Waals surface area contributed by atoms with Crippen molar-refractivity contribution in [2.45, 2.75) is 19.4 Å². The first-order chi connectivity index (χ1) is 12.2. The summed E-state index contributed by atoms with van der Waals surface area (Å²) in [5.41, 5.74) is 1.40. The van der Waals surface area contributed by atoms with Gasteiger partial charge in [-0.1, -0.05) is 0 Å². The van der Waals surface area contributed by atoms with E-state index in [1.54, 1.807) is 29.4 Å². The highest BCUT2D eigenvalue weighted by molar-refractivity contribution is 5.97. The third kappa shape index (κ3) is 4.26. The number of hydrogen-bond acceptors (Lipinski definition) is 4. The summed E-state index contributed by atoms with van der Waals surface area (Å²) in [6, 6.07) is 10.3. The van der Waals surface area contributed by atoms with Gasteiger partial charge < -0.3 is 20.3 Å². The average Bonchev–Trinajstić information content (AvgIpc) is 2.97. The van der Waals surface area contributed by atoms with E-state index < -0.39 is 0 Å². The number of hydrogen-bond donors (Lipinski definition) is 2. The fourth-order valence-corrected chi connectivity index (χ4v) is 2.73. The number of pyridine rings is 1. The van der Waals surface area contributed by atoms with E-state index in [2.05, 4.69) is 15.6 Å². The zero-order valence-corrected chi connectivity index (χ0v) is 13.9. The van der Waals surface area contributed by atoms with Gasteiger partial charge in [0.25, 0.3) is 0 Å². The van der Waals surface area contributed by atoms with Crippen molar-refractivity contribution in [1.29, 1.82) is 0 Å². The van der Waals surface area contributed by atoms with Crippen molar-refractivity contribution in [3.05, 3.63) is 48.8 Å². The van der Waals surface area contributed by atoms with E-state index in [-0.39, 0.29) is 24.4 Å². The molecular formula is C18H20N4O3. The summed E-state index contributed by atoms with van der Waals surface area (Å²) in [7, 11) is 0. The number of amides is 3. The molecule has 3 rings (SSSR count). The summed E-state index contributed by atoms with van der Waals surface area (Å²) < 4.78 is 5.41. The van der Waals surface area contributed by atoms with E-state index in [1.807, 2.05) is 31.2 Å². The van der Waals surface area contributed by atoms with E-state index in [0.717, 1.165) is 11.4 Å². The van der Waals surface area contributed by atoms with Crippen molar-refractivity contribution in [1.82, 2.24) is 10.3 Å². The standard InChI is InChI=1S/C18H20N4O3/c1-2-25-16-7-5-15(6-8-16)22-12-14(10-17(22)23)21-18(24)20-13-4-3-9-19-11-13/h3-9,11,14H,2,10,12H2,1H3,(H2,20,21,24). The molecule has 1 saturated heterocycles. The van der Waals surface area contributed by atoms with Gasteiger partial charge in [-0.25, -0.2) is 4.79 Å². The van der Waals surface area contributed by atoms with E-state index >= 15 is 0 Å². The van der Waals surface area contributed by atoms with Gasteiger partial charge >= 0.3 is 6.03 Å². The van der Waals surface area contributed by atoms with Crippen molar-refractivity contribution in [2.24, 2.45) is 0 Å². The topological polar surface area (TPSA) is 83.6 Å². The molecule has 0 bridgehead atoms. The van der Waals surface area contributed by atoms with Gasteiger partial charge in [0.1, 0.15) is 5.75 Å². The molecule has 1 aromatic carbocycles. The maximum atomic E-state index is 12.2. The molecule has 3 amide bonds. The van der Waals surface area contributed by atoms with Crippen molar-refractivity contribution in [3.8, 4) is 5.75 Å². The van der Waals surface area contributed by atoms with Crippen molar-refractivity contribution in [3.63, 3.8) is 0 Å². The summed E-state index contributed by atoms with van der Waals surface area (Å²) >= 11 is 0. The number of urea groups is 1. The van der Waals surface area contributed by atoms with Gasteiger partial charge in [0.2, 0.25) is 5.91 Å². The van der Waals surface area contributed by atoms with Crippen molar-refractivity contribution < 1.29 is 14.3 Å². The molecule has 7 heteroatoms. The summed E-state index contributed by atoms with van der Waals surface area (Å²) in [4.78, 5) is 29.9. The predicted octanol–water partition coefficient (Wildman–Crippen LogP) is 2.41. The molecule has 25 heavy (non-hydrogen) atoms. The van der Waals surface area contributed by atoms with Gasteiger partial charge in [-0.3, -0.25) is 9.78 Å². The Bertz CT molecular complexity index is 734. The maximum Gasteiger partial charge on any atom is 0.319 e. The van der Waals surface area contributed by atoms with Crippen LogP contribution in [0.5, 0.6) is 5.75 Å². The van der Waals surface area contributed by atoms with Gasteiger partial charge in [0, 0.05) is 24.8 Å². The van der Waals surface area contributed by atoms with Gasteiger partial charge in [-0.05, 0) is 43.3 Å².